The van der Waals surface area contributed by atoms with E-state index in [1.807, 2.05) is 12.1 Å². The molecule has 94 valence electrons. The van der Waals surface area contributed by atoms with Crippen LogP contribution in [-0.4, -0.2) is 17.4 Å². The number of hydrogen-bond donors (Lipinski definition) is 2. The molecule has 3 N–H and O–H groups in total. The molecule has 1 atom stereocenters. The third-order valence-corrected chi connectivity index (χ3v) is 2.54. The minimum atomic E-state index is -0.0141. The molecule has 1 unspecified atom stereocenters. The number of nitrogens with one attached hydrogen (secondary N) is 1. The molecule has 0 aliphatic heterocycles. The van der Waals surface area contributed by atoms with Crippen molar-refractivity contribution in [3.05, 3.63) is 24.4 Å². The lowest BCUT2D eigenvalue weighted by Crippen LogP contribution is -2.23. The lowest BCUT2D eigenvalue weighted by Gasteiger charge is -2.16. The van der Waals surface area contributed by atoms with Gasteiger partial charge in [-0.2, -0.15) is 0 Å². The number of carbonyl (C=O) groups excluding carboxylic acids is 1. The molecule has 4 nitrogen and oxygen atoms in total. The van der Waals surface area contributed by atoms with Crippen LogP contribution < -0.4 is 11.1 Å². The Balaban J connectivity index is 2.43. The lowest BCUT2D eigenvalue weighted by atomic mass is 9.94. The van der Waals surface area contributed by atoms with Crippen molar-refractivity contribution in [3.63, 3.8) is 0 Å². The highest BCUT2D eigenvalue weighted by Crippen LogP contribution is 2.15. The zero-order valence-electron chi connectivity index (χ0n) is 10.5. The number of anilines is 1. The molecule has 17 heavy (non-hydrogen) atoms. The Morgan fingerprint density at radius 2 is 2.24 bits per heavy atom. The summed E-state index contributed by atoms with van der Waals surface area (Å²) in [6.45, 7) is 4.83. The Labute approximate surface area is 103 Å². The van der Waals surface area contributed by atoms with E-state index in [2.05, 4.69) is 24.1 Å². The van der Waals surface area contributed by atoms with Crippen LogP contribution in [-0.2, 0) is 4.79 Å². The highest BCUT2D eigenvalue weighted by atomic mass is 16.1. The number of rotatable bonds is 6. The molecular formula is C13H21N3O. The number of carbonyl (C=O) groups is 1. The maximum absolute atomic E-state index is 11.8. The first kappa shape index (κ1) is 13.6. The first-order valence-electron chi connectivity index (χ1n) is 6.02. The molecule has 0 aliphatic rings. The molecule has 0 saturated carbocycles. The number of pyridine rings is 1. The van der Waals surface area contributed by atoms with E-state index < -0.39 is 0 Å². The fourth-order valence-corrected chi connectivity index (χ4v) is 1.82. The molecule has 4 heteroatoms. The van der Waals surface area contributed by atoms with Crippen LogP contribution in [0.25, 0.3) is 0 Å². The maximum Gasteiger partial charge on any atom is 0.225 e. The summed E-state index contributed by atoms with van der Waals surface area (Å²) >= 11 is 0. The van der Waals surface area contributed by atoms with E-state index in [0.29, 0.717) is 24.7 Å². The van der Waals surface area contributed by atoms with Crippen molar-refractivity contribution < 1.29 is 4.79 Å². The predicted molar refractivity (Wildman–Crippen MR) is 69.5 cm³/mol. The second-order valence-corrected chi connectivity index (χ2v) is 4.70. The zero-order chi connectivity index (χ0) is 12.7. The van der Waals surface area contributed by atoms with E-state index in [-0.39, 0.29) is 11.8 Å². The van der Waals surface area contributed by atoms with Crippen molar-refractivity contribution in [1.29, 1.82) is 0 Å². The number of hydrogen-bond acceptors (Lipinski definition) is 3. The van der Waals surface area contributed by atoms with Crippen molar-refractivity contribution in [2.45, 2.75) is 26.7 Å². The molecular weight excluding hydrogens is 214 g/mol. The normalized spacial score (nSPS) is 12.5. The van der Waals surface area contributed by atoms with Gasteiger partial charge in [0.1, 0.15) is 5.82 Å². The van der Waals surface area contributed by atoms with Gasteiger partial charge in [-0.25, -0.2) is 4.98 Å². The van der Waals surface area contributed by atoms with Gasteiger partial charge in [-0.15, -0.1) is 0 Å². The van der Waals surface area contributed by atoms with Gasteiger partial charge >= 0.3 is 0 Å². The fraction of sp³-hybridized carbons (Fsp3) is 0.538. The molecule has 1 aromatic heterocycles. The second kappa shape index (κ2) is 7.01. The Kier molecular flexibility index (Phi) is 5.63. The van der Waals surface area contributed by atoms with Gasteiger partial charge in [0, 0.05) is 12.6 Å². The van der Waals surface area contributed by atoms with E-state index in [0.717, 1.165) is 6.42 Å². The van der Waals surface area contributed by atoms with Gasteiger partial charge < -0.3 is 11.1 Å². The molecule has 0 aromatic carbocycles. The zero-order valence-corrected chi connectivity index (χ0v) is 10.5. The van der Waals surface area contributed by atoms with E-state index in [4.69, 9.17) is 5.73 Å². The first-order chi connectivity index (χ1) is 8.11. The van der Waals surface area contributed by atoms with Crippen LogP contribution in [0, 0.1) is 11.8 Å². The Hall–Kier alpha value is -1.42. The smallest absolute Gasteiger partial charge is 0.225 e. The van der Waals surface area contributed by atoms with Crippen LogP contribution in [0.4, 0.5) is 5.82 Å². The van der Waals surface area contributed by atoms with Crippen molar-refractivity contribution in [1.82, 2.24) is 4.98 Å². The standard InChI is InChI=1S/C13H21N3O/c1-10(2)7-11(9-14)8-13(17)16-12-5-3-4-6-15-12/h3-6,10-11H,7-9,14H2,1-2H3,(H,15,16,17). The number of amides is 1. The Bertz CT molecular complexity index is 338. The van der Waals surface area contributed by atoms with E-state index in [1.165, 1.54) is 0 Å². The van der Waals surface area contributed by atoms with Crippen molar-refractivity contribution in [3.8, 4) is 0 Å². The summed E-state index contributed by atoms with van der Waals surface area (Å²) in [7, 11) is 0. The van der Waals surface area contributed by atoms with Crippen LogP contribution in [0.15, 0.2) is 24.4 Å². The number of nitrogens with two attached hydrogens (primary N) is 1. The van der Waals surface area contributed by atoms with Crippen LogP contribution in [0.2, 0.25) is 0 Å². The van der Waals surface area contributed by atoms with Crippen molar-refractivity contribution in [2.75, 3.05) is 11.9 Å². The van der Waals surface area contributed by atoms with Crippen LogP contribution in [0.3, 0.4) is 0 Å². The minimum Gasteiger partial charge on any atom is -0.330 e. The molecule has 0 radical (unpaired) electrons. The molecule has 0 aliphatic carbocycles. The monoisotopic (exact) mass is 235 g/mol. The number of nitrogens with zero attached hydrogens (tertiary/aromatic N) is 1. The third kappa shape index (κ3) is 5.45. The highest BCUT2D eigenvalue weighted by molar-refractivity contribution is 5.89. The minimum absolute atomic E-state index is 0.0141. The predicted octanol–water partition coefficient (Wildman–Crippen LogP) is 2.03. The summed E-state index contributed by atoms with van der Waals surface area (Å²) in [4.78, 5) is 15.8. The molecule has 1 aromatic rings. The summed E-state index contributed by atoms with van der Waals surface area (Å²) in [6.07, 6.45) is 3.10. The summed E-state index contributed by atoms with van der Waals surface area (Å²) in [5.74, 6) is 1.39. The molecule has 0 spiro atoms. The van der Waals surface area contributed by atoms with Gasteiger partial charge in [0.15, 0.2) is 0 Å². The van der Waals surface area contributed by atoms with E-state index in [1.54, 1.807) is 12.3 Å². The average molecular weight is 235 g/mol. The van der Waals surface area contributed by atoms with Crippen LogP contribution in [0.5, 0.6) is 0 Å². The largest absolute Gasteiger partial charge is 0.330 e. The Morgan fingerprint density at radius 3 is 2.76 bits per heavy atom. The number of aromatic nitrogens is 1. The average Bonchev–Trinajstić information content (AvgIpc) is 2.28. The fourth-order valence-electron chi connectivity index (χ4n) is 1.82. The molecule has 0 saturated heterocycles. The summed E-state index contributed by atoms with van der Waals surface area (Å²) in [6, 6.07) is 5.44. The maximum atomic E-state index is 11.8. The van der Waals surface area contributed by atoms with Crippen molar-refractivity contribution >= 4 is 11.7 Å². The van der Waals surface area contributed by atoms with Gasteiger partial charge in [-0.05, 0) is 36.9 Å². The quantitative estimate of drug-likeness (QED) is 0.792. The first-order valence-corrected chi connectivity index (χ1v) is 6.02. The van der Waals surface area contributed by atoms with Gasteiger partial charge in [0.2, 0.25) is 5.91 Å². The topological polar surface area (TPSA) is 68.0 Å². The summed E-state index contributed by atoms with van der Waals surface area (Å²) in [5, 5.41) is 2.77. The van der Waals surface area contributed by atoms with E-state index in [9.17, 15) is 4.79 Å². The van der Waals surface area contributed by atoms with Gasteiger partial charge in [-0.1, -0.05) is 19.9 Å². The van der Waals surface area contributed by atoms with E-state index >= 15 is 0 Å². The third-order valence-electron chi connectivity index (χ3n) is 2.54. The summed E-state index contributed by atoms with van der Waals surface area (Å²) in [5.41, 5.74) is 5.67. The molecule has 1 heterocycles. The van der Waals surface area contributed by atoms with Crippen molar-refractivity contribution in [2.24, 2.45) is 17.6 Å². The van der Waals surface area contributed by atoms with Crippen LogP contribution >= 0.6 is 0 Å². The SMILES string of the molecule is CC(C)CC(CN)CC(=O)Nc1ccccn1. The summed E-state index contributed by atoms with van der Waals surface area (Å²) < 4.78 is 0. The van der Waals surface area contributed by atoms with Gasteiger partial charge in [0.05, 0.1) is 0 Å². The van der Waals surface area contributed by atoms with Crippen LogP contribution in [0.1, 0.15) is 26.7 Å². The molecule has 0 fully saturated rings. The molecule has 0 bridgehead atoms. The second-order valence-electron chi connectivity index (χ2n) is 4.70. The molecule has 1 rings (SSSR count). The van der Waals surface area contributed by atoms with Gasteiger partial charge in [0.25, 0.3) is 0 Å². The van der Waals surface area contributed by atoms with Gasteiger partial charge in [-0.3, -0.25) is 4.79 Å². The Morgan fingerprint density at radius 1 is 1.47 bits per heavy atom. The highest BCUT2D eigenvalue weighted by Gasteiger charge is 2.14. The molecule has 1 amide bonds. The lowest BCUT2D eigenvalue weighted by molar-refractivity contribution is -0.117.